The van der Waals surface area contributed by atoms with Crippen LogP contribution in [0.2, 0.25) is 0 Å². The summed E-state index contributed by atoms with van der Waals surface area (Å²) >= 11 is 0. The van der Waals surface area contributed by atoms with Crippen LogP contribution in [-0.4, -0.2) is 32.9 Å². The fourth-order valence-electron chi connectivity index (χ4n) is 2.13. The van der Waals surface area contributed by atoms with Crippen molar-refractivity contribution in [3.63, 3.8) is 0 Å². The van der Waals surface area contributed by atoms with Crippen LogP contribution in [0.4, 0.5) is 0 Å². The number of carbonyl (C=O) groups excluding carboxylic acids is 1. The van der Waals surface area contributed by atoms with Gasteiger partial charge in [-0.15, -0.1) is 0 Å². The third-order valence-electron chi connectivity index (χ3n) is 3.19. The number of hydrogen-bond donors (Lipinski definition) is 2. The Morgan fingerprint density at radius 1 is 1.18 bits per heavy atom. The average Bonchev–Trinajstić information content (AvgIpc) is 2.96. The van der Waals surface area contributed by atoms with E-state index < -0.39 is 18.4 Å². The highest BCUT2D eigenvalue weighted by Gasteiger charge is 2.10. The van der Waals surface area contributed by atoms with Crippen LogP contribution in [0, 0.1) is 0 Å². The Labute approximate surface area is 126 Å². The molecule has 0 aliphatic heterocycles. The Hall–Kier alpha value is -3.15. The van der Waals surface area contributed by atoms with Crippen LogP contribution in [0.5, 0.6) is 0 Å². The first-order valence-corrected chi connectivity index (χ1v) is 6.67. The first-order valence-electron chi connectivity index (χ1n) is 6.67. The molecule has 0 saturated heterocycles. The highest BCUT2D eigenvalue weighted by atomic mass is 16.4. The third-order valence-corrected chi connectivity index (χ3v) is 3.19. The minimum absolute atomic E-state index is 0.374. The van der Waals surface area contributed by atoms with Crippen molar-refractivity contribution in [2.45, 2.75) is 0 Å². The molecule has 0 fully saturated rings. The molecular formula is C16H13N3O3. The standard InChI is InChI=1S/C16H13N3O3/c20-15(21)9-17-16(22)12-6-7-19-10-13(18-14(19)8-12)11-4-2-1-3-5-11/h1-8,10H,9H2,(H,17,22)(H,20,21). The minimum Gasteiger partial charge on any atom is -0.480 e. The molecule has 1 amide bonds. The SMILES string of the molecule is O=C(O)CNC(=O)c1ccn2cc(-c3ccccc3)nc2c1. The van der Waals surface area contributed by atoms with E-state index in [9.17, 15) is 9.59 Å². The summed E-state index contributed by atoms with van der Waals surface area (Å²) in [6, 6.07) is 13.0. The van der Waals surface area contributed by atoms with Gasteiger partial charge in [-0.2, -0.15) is 0 Å². The lowest BCUT2D eigenvalue weighted by Gasteiger charge is -2.02. The number of aromatic nitrogens is 2. The van der Waals surface area contributed by atoms with Gasteiger partial charge in [-0.05, 0) is 12.1 Å². The van der Waals surface area contributed by atoms with Gasteiger partial charge < -0.3 is 14.8 Å². The molecule has 0 aliphatic rings. The van der Waals surface area contributed by atoms with Gasteiger partial charge in [-0.3, -0.25) is 9.59 Å². The number of carbonyl (C=O) groups is 2. The average molecular weight is 295 g/mol. The Morgan fingerprint density at radius 3 is 2.68 bits per heavy atom. The van der Waals surface area contributed by atoms with E-state index in [4.69, 9.17) is 5.11 Å². The first-order chi connectivity index (χ1) is 10.6. The zero-order chi connectivity index (χ0) is 15.5. The highest BCUT2D eigenvalue weighted by molar-refractivity contribution is 5.96. The van der Waals surface area contributed by atoms with E-state index in [1.54, 1.807) is 18.3 Å². The number of aliphatic carboxylic acids is 1. The van der Waals surface area contributed by atoms with E-state index in [1.165, 1.54) is 0 Å². The molecule has 2 aromatic heterocycles. The fraction of sp³-hybridized carbons (Fsp3) is 0.0625. The van der Waals surface area contributed by atoms with Gasteiger partial charge in [0.15, 0.2) is 0 Å². The predicted octanol–water partition coefficient (Wildman–Crippen LogP) is 1.82. The van der Waals surface area contributed by atoms with Crippen LogP contribution in [0.25, 0.3) is 16.9 Å². The van der Waals surface area contributed by atoms with Gasteiger partial charge in [0, 0.05) is 23.5 Å². The molecule has 110 valence electrons. The van der Waals surface area contributed by atoms with Gasteiger partial charge in [0.25, 0.3) is 5.91 Å². The van der Waals surface area contributed by atoms with E-state index in [0.717, 1.165) is 11.3 Å². The summed E-state index contributed by atoms with van der Waals surface area (Å²) in [5.41, 5.74) is 2.80. The Balaban J connectivity index is 1.90. The maximum Gasteiger partial charge on any atom is 0.322 e. The molecule has 3 rings (SSSR count). The Bertz CT molecular complexity index is 840. The maximum atomic E-state index is 11.9. The van der Waals surface area contributed by atoms with Crippen LogP contribution >= 0.6 is 0 Å². The number of amides is 1. The number of rotatable bonds is 4. The van der Waals surface area contributed by atoms with Crippen molar-refractivity contribution in [3.8, 4) is 11.3 Å². The molecule has 6 nitrogen and oxygen atoms in total. The fourth-order valence-corrected chi connectivity index (χ4v) is 2.13. The summed E-state index contributed by atoms with van der Waals surface area (Å²) in [5, 5.41) is 10.9. The number of hydrogen-bond acceptors (Lipinski definition) is 3. The van der Waals surface area contributed by atoms with E-state index in [0.29, 0.717) is 11.2 Å². The molecule has 0 aliphatic carbocycles. The van der Waals surface area contributed by atoms with Gasteiger partial charge in [-0.1, -0.05) is 30.3 Å². The predicted molar refractivity (Wildman–Crippen MR) is 80.6 cm³/mol. The monoisotopic (exact) mass is 295 g/mol. The number of imidazole rings is 1. The molecule has 2 N–H and O–H groups in total. The first kappa shape index (κ1) is 13.8. The summed E-state index contributed by atoms with van der Waals surface area (Å²) in [6.45, 7) is -0.409. The second kappa shape index (κ2) is 5.69. The van der Waals surface area contributed by atoms with Crippen molar-refractivity contribution < 1.29 is 14.7 Å². The lowest BCUT2D eigenvalue weighted by atomic mass is 10.2. The molecule has 0 unspecified atom stereocenters. The summed E-state index contributed by atoms with van der Waals surface area (Å²) in [4.78, 5) is 26.8. The van der Waals surface area contributed by atoms with E-state index in [-0.39, 0.29) is 0 Å². The molecular weight excluding hydrogens is 282 g/mol. The highest BCUT2D eigenvalue weighted by Crippen LogP contribution is 2.19. The van der Waals surface area contributed by atoms with Gasteiger partial charge in [0.05, 0.1) is 5.69 Å². The van der Waals surface area contributed by atoms with Crippen molar-refractivity contribution in [2.75, 3.05) is 6.54 Å². The van der Waals surface area contributed by atoms with Gasteiger partial charge >= 0.3 is 5.97 Å². The van der Waals surface area contributed by atoms with E-state index in [2.05, 4.69) is 10.3 Å². The molecule has 0 bridgehead atoms. The van der Waals surface area contributed by atoms with Gasteiger partial charge in [-0.25, -0.2) is 4.98 Å². The Morgan fingerprint density at radius 2 is 1.95 bits per heavy atom. The quantitative estimate of drug-likeness (QED) is 0.769. The number of benzene rings is 1. The second-order valence-corrected chi connectivity index (χ2v) is 4.75. The summed E-state index contributed by atoms with van der Waals surface area (Å²) in [5.74, 6) is -1.52. The number of nitrogens with one attached hydrogen (secondary N) is 1. The van der Waals surface area contributed by atoms with Crippen molar-refractivity contribution >= 4 is 17.5 Å². The van der Waals surface area contributed by atoms with Crippen LogP contribution in [0.15, 0.2) is 54.9 Å². The summed E-state index contributed by atoms with van der Waals surface area (Å²) < 4.78 is 1.82. The molecule has 6 heteroatoms. The normalized spacial score (nSPS) is 10.5. The van der Waals surface area contributed by atoms with Crippen LogP contribution < -0.4 is 5.32 Å². The molecule has 2 heterocycles. The van der Waals surface area contributed by atoms with Crippen LogP contribution in [-0.2, 0) is 4.79 Å². The number of nitrogens with zero attached hydrogens (tertiary/aromatic N) is 2. The molecule has 0 saturated carbocycles. The number of carboxylic acid groups (broad SMARTS) is 1. The topological polar surface area (TPSA) is 83.7 Å². The molecule has 0 spiro atoms. The van der Waals surface area contributed by atoms with Crippen LogP contribution in [0.1, 0.15) is 10.4 Å². The largest absolute Gasteiger partial charge is 0.480 e. The maximum absolute atomic E-state index is 11.9. The molecule has 22 heavy (non-hydrogen) atoms. The number of fused-ring (bicyclic) bond motifs is 1. The van der Waals surface area contributed by atoms with Crippen molar-refractivity contribution in [2.24, 2.45) is 0 Å². The molecule has 0 radical (unpaired) electrons. The summed E-state index contributed by atoms with van der Waals surface area (Å²) in [6.07, 6.45) is 3.61. The van der Waals surface area contributed by atoms with Gasteiger partial charge in [0.1, 0.15) is 12.2 Å². The third kappa shape index (κ3) is 2.80. The van der Waals surface area contributed by atoms with Crippen molar-refractivity contribution in [3.05, 3.63) is 60.4 Å². The molecule has 0 atom stereocenters. The second-order valence-electron chi connectivity index (χ2n) is 4.75. The lowest BCUT2D eigenvalue weighted by molar-refractivity contribution is -0.135. The van der Waals surface area contributed by atoms with E-state index >= 15 is 0 Å². The zero-order valence-electron chi connectivity index (χ0n) is 11.6. The Kier molecular flexibility index (Phi) is 3.57. The summed E-state index contributed by atoms with van der Waals surface area (Å²) in [7, 11) is 0. The zero-order valence-corrected chi connectivity index (χ0v) is 11.6. The van der Waals surface area contributed by atoms with Gasteiger partial charge in [0.2, 0.25) is 0 Å². The smallest absolute Gasteiger partial charge is 0.322 e. The minimum atomic E-state index is -1.08. The van der Waals surface area contributed by atoms with E-state index in [1.807, 2.05) is 40.9 Å². The molecule has 1 aromatic carbocycles. The number of carboxylic acids is 1. The van der Waals surface area contributed by atoms with Crippen molar-refractivity contribution in [1.29, 1.82) is 0 Å². The lowest BCUT2D eigenvalue weighted by Crippen LogP contribution is -2.29. The van der Waals surface area contributed by atoms with Crippen molar-refractivity contribution in [1.82, 2.24) is 14.7 Å². The van der Waals surface area contributed by atoms with Crippen LogP contribution in [0.3, 0.4) is 0 Å². The molecule has 3 aromatic rings. The number of pyridine rings is 1.